The van der Waals surface area contributed by atoms with Crippen molar-refractivity contribution in [3.8, 4) is 23.2 Å². The highest BCUT2D eigenvalue weighted by Crippen LogP contribution is 2.28. The third-order valence-corrected chi connectivity index (χ3v) is 7.14. The molecule has 220 valence electrons. The average Bonchev–Trinajstić information content (AvgIpc) is 3.42. The lowest BCUT2D eigenvalue weighted by atomic mass is 10.1. The topological polar surface area (TPSA) is 178 Å². The van der Waals surface area contributed by atoms with Gasteiger partial charge in [-0.25, -0.2) is 28.7 Å². The van der Waals surface area contributed by atoms with Crippen molar-refractivity contribution in [1.29, 1.82) is 5.26 Å². The summed E-state index contributed by atoms with van der Waals surface area (Å²) >= 11 is 0. The number of rotatable bonds is 9. The SMILES string of the molecule is CC(NC(=O)c1nc(C#N)cnc1NCc1ccc(-c2cnc(N)c(O[C@@H]3CCC[C@H]3N)n2)cc1)c1ccc(F)c(F)c1. The summed E-state index contributed by atoms with van der Waals surface area (Å²) in [4.78, 5) is 30.2. The van der Waals surface area contributed by atoms with Crippen molar-refractivity contribution in [2.75, 3.05) is 11.1 Å². The molecular weight excluding hydrogens is 556 g/mol. The molecule has 11 nitrogen and oxygen atoms in total. The van der Waals surface area contributed by atoms with Gasteiger partial charge in [-0.15, -0.1) is 0 Å². The normalized spacial score (nSPS) is 16.7. The van der Waals surface area contributed by atoms with Crippen LogP contribution in [0.3, 0.4) is 0 Å². The predicted molar refractivity (Wildman–Crippen MR) is 154 cm³/mol. The van der Waals surface area contributed by atoms with Crippen LogP contribution in [0.1, 0.15) is 59.5 Å². The van der Waals surface area contributed by atoms with Crippen LogP contribution >= 0.6 is 0 Å². The van der Waals surface area contributed by atoms with Crippen LogP contribution in [-0.4, -0.2) is 38.0 Å². The van der Waals surface area contributed by atoms with E-state index in [0.717, 1.165) is 42.5 Å². The Morgan fingerprint density at radius 1 is 1.12 bits per heavy atom. The van der Waals surface area contributed by atoms with Gasteiger partial charge in [0.05, 0.1) is 24.1 Å². The van der Waals surface area contributed by atoms with Crippen molar-refractivity contribution in [1.82, 2.24) is 25.3 Å². The van der Waals surface area contributed by atoms with Gasteiger partial charge in [0.25, 0.3) is 11.8 Å². The van der Waals surface area contributed by atoms with E-state index < -0.39 is 23.6 Å². The van der Waals surface area contributed by atoms with E-state index in [1.165, 1.54) is 12.3 Å². The number of nitriles is 1. The van der Waals surface area contributed by atoms with E-state index in [0.29, 0.717) is 11.3 Å². The number of nitrogen functional groups attached to an aromatic ring is 1. The maximum Gasteiger partial charge on any atom is 0.274 e. The number of amides is 1. The number of aromatic nitrogens is 4. The molecule has 2 heterocycles. The van der Waals surface area contributed by atoms with E-state index in [9.17, 15) is 18.8 Å². The smallest absolute Gasteiger partial charge is 0.274 e. The van der Waals surface area contributed by atoms with Crippen LogP contribution in [0.25, 0.3) is 11.3 Å². The molecule has 1 fully saturated rings. The Morgan fingerprint density at radius 2 is 1.91 bits per heavy atom. The van der Waals surface area contributed by atoms with Crippen LogP contribution in [0.4, 0.5) is 20.4 Å². The number of hydrogen-bond acceptors (Lipinski definition) is 10. The Labute approximate surface area is 246 Å². The van der Waals surface area contributed by atoms with Crippen molar-refractivity contribution < 1.29 is 18.3 Å². The van der Waals surface area contributed by atoms with Gasteiger partial charge in [0.2, 0.25) is 0 Å². The van der Waals surface area contributed by atoms with Gasteiger partial charge in [-0.3, -0.25) is 4.79 Å². The standard InChI is InChI=1S/C30H29F2N9O2/c1-16(19-9-10-21(31)22(32)11-19)39-29(42)26-28(38-14-20(12-33)40-26)37-13-17-5-7-18(8-6-17)24-15-36-27(35)30(41-24)43-25-4-2-3-23(25)34/h5-11,14-16,23,25H,2-4,13,34H2,1H3,(H2,35,36)(H,37,38)(H,39,42)/t16?,23-,25-/m1/s1. The molecule has 3 atom stereocenters. The lowest BCUT2D eigenvalue weighted by molar-refractivity contribution is 0.0935. The minimum absolute atomic E-state index is 0.0524. The molecule has 13 heteroatoms. The number of ether oxygens (including phenoxy) is 1. The van der Waals surface area contributed by atoms with Crippen LogP contribution in [0.15, 0.2) is 54.9 Å². The molecule has 43 heavy (non-hydrogen) atoms. The number of hydrogen-bond donors (Lipinski definition) is 4. The van der Waals surface area contributed by atoms with Gasteiger partial charge in [-0.05, 0) is 49.4 Å². The van der Waals surface area contributed by atoms with Crippen LogP contribution in [0.2, 0.25) is 0 Å². The van der Waals surface area contributed by atoms with Crippen molar-refractivity contribution in [2.24, 2.45) is 5.73 Å². The Bertz CT molecular complexity index is 1680. The Hall–Kier alpha value is -5.22. The molecule has 5 rings (SSSR count). The second kappa shape index (κ2) is 12.7. The van der Waals surface area contributed by atoms with Gasteiger partial charge >= 0.3 is 0 Å². The molecule has 0 bridgehead atoms. The first-order chi connectivity index (χ1) is 20.7. The van der Waals surface area contributed by atoms with E-state index >= 15 is 0 Å². The Kier molecular flexibility index (Phi) is 8.68. The molecule has 0 aliphatic heterocycles. The van der Waals surface area contributed by atoms with Gasteiger partial charge in [0.15, 0.2) is 34.7 Å². The van der Waals surface area contributed by atoms with Crippen LogP contribution in [0.5, 0.6) is 5.88 Å². The molecule has 1 amide bonds. The molecule has 4 aromatic rings. The van der Waals surface area contributed by atoms with Crippen LogP contribution in [-0.2, 0) is 6.54 Å². The first-order valence-corrected chi connectivity index (χ1v) is 13.6. The highest BCUT2D eigenvalue weighted by Gasteiger charge is 2.27. The summed E-state index contributed by atoms with van der Waals surface area (Å²) < 4.78 is 33.0. The zero-order chi connectivity index (χ0) is 30.5. The first kappa shape index (κ1) is 29.3. The van der Waals surface area contributed by atoms with E-state index in [1.807, 2.05) is 30.3 Å². The van der Waals surface area contributed by atoms with E-state index in [4.69, 9.17) is 16.2 Å². The van der Waals surface area contributed by atoms with E-state index in [2.05, 4.69) is 30.6 Å². The first-order valence-electron chi connectivity index (χ1n) is 13.6. The second-order valence-electron chi connectivity index (χ2n) is 10.2. The fraction of sp³-hybridized carbons (Fsp3) is 0.267. The number of nitrogens with two attached hydrogens (primary N) is 2. The number of nitrogens with zero attached hydrogens (tertiary/aromatic N) is 5. The lowest BCUT2D eigenvalue weighted by Gasteiger charge is -2.18. The van der Waals surface area contributed by atoms with Crippen molar-refractivity contribution in [3.05, 3.63) is 89.0 Å². The van der Waals surface area contributed by atoms with Crippen molar-refractivity contribution in [3.63, 3.8) is 0 Å². The quantitative estimate of drug-likeness (QED) is 0.224. The number of nitrogens with one attached hydrogen (secondary N) is 2. The van der Waals surface area contributed by atoms with Gasteiger partial charge in [0, 0.05) is 18.2 Å². The van der Waals surface area contributed by atoms with Gasteiger partial charge in [-0.1, -0.05) is 30.3 Å². The predicted octanol–water partition coefficient (Wildman–Crippen LogP) is 4.03. The number of benzene rings is 2. The number of carbonyl (C=O) groups excluding carboxylic acids is 1. The molecule has 2 aromatic heterocycles. The highest BCUT2D eigenvalue weighted by molar-refractivity contribution is 5.97. The minimum atomic E-state index is -1.02. The van der Waals surface area contributed by atoms with Crippen LogP contribution < -0.4 is 26.8 Å². The molecule has 1 saturated carbocycles. The molecule has 6 N–H and O–H groups in total. The van der Waals surface area contributed by atoms with Gasteiger partial charge in [0.1, 0.15) is 12.2 Å². The summed E-state index contributed by atoms with van der Waals surface area (Å²) in [6, 6.07) is 12.0. The molecule has 1 aliphatic rings. The minimum Gasteiger partial charge on any atom is -0.470 e. The largest absolute Gasteiger partial charge is 0.470 e. The summed E-state index contributed by atoms with van der Waals surface area (Å²) in [6.07, 6.45) is 5.40. The average molecular weight is 586 g/mol. The molecule has 0 spiro atoms. The molecular formula is C30H29F2N9O2. The zero-order valence-corrected chi connectivity index (χ0v) is 23.2. The third-order valence-electron chi connectivity index (χ3n) is 7.14. The highest BCUT2D eigenvalue weighted by atomic mass is 19.2. The number of halogens is 2. The molecule has 2 aromatic carbocycles. The fourth-order valence-electron chi connectivity index (χ4n) is 4.69. The molecule has 0 radical (unpaired) electrons. The molecule has 1 aliphatic carbocycles. The fourth-order valence-corrected chi connectivity index (χ4v) is 4.69. The lowest BCUT2D eigenvalue weighted by Crippen LogP contribution is -2.34. The van der Waals surface area contributed by atoms with Crippen molar-refractivity contribution >= 4 is 17.5 Å². The summed E-state index contributed by atoms with van der Waals surface area (Å²) in [5, 5.41) is 15.1. The molecule has 0 saturated heterocycles. The zero-order valence-electron chi connectivity index (χ0n) is 23.2. The summed E-state index contributed by atoms with van der Waals surface area (Å²) in [6.45, 7) is 1.90. The maximum atomic E-state index is 13.7. The second-order valence-corrected chi connectivity index (χ2v) is 10.2. The summed E-state index contributed by atoms with van der Waals surface area (Å²) in [5.74, 6) is -2.04. The summed E-state index contributed by atoms with van der Waals surface area (Å²) in [5.41, 5.74) is 14.5. The third kappa shape index (κ3) is 6.82. The number of anilines is 2. The van der Waals surface area contributed by atoms with E-state index in [-0.39, 0.29) is 47.6 Å². The Balaban J connectivity index is 1.27. The van der Waals surface area contributed by atoms with Gasteiger partial charge in [-0.2, -0.15) is 5.26 Å². The maximum absolute atomic E-state index is 13.7. The molecule has 1 unspecified atom stereocenters. The number of carbonyl (C=O) groups is 1. The Morgan fingerprint density at radius 3 is 2.60 bits per heavy atom. The van der Waals surface area contributed by atoms with Crippen molar-refractivity contribution in [2.45, 2.75) is 50.9 Å². The monoisotopic (exact) mass is 585 g/mol. The van der Waals surface area contributed by atoms with Crippen LogP contribution in [0, 0.1) is 23.0 Å². The van der Waals surface area contributed by atoms with Gasteiger partial charge < -0.3 is 26.8 Å². The van der Waals surface area contributed by atoms with E-state index in [1.54, 1.807) is 13.1 Å². The summed E-state index contributed by atoms with van der Waals surface area (Å²) in [7, 11) is 0.